The number of benzene rings is 3. The van der Waals surface area contributed by atoms with Gasteiger partial charge < -0.3 is 15.0 Å². The van der Waals surface area contributed by atoms with Crippen LogP contribution in [0.5, 0.6) is 5.75 Å². The average Bonchev–Trinajstić information content (AvgIpc) is 2.97. The summed E-state index contributed by atoms with van der Waals surface area (Å²) >= 11 is 12.1. The summed E-state index contributed by atoms with van der Waals surface area (Å²) in [6.07, 6.45) is 1.04. The van der Waals surface area contributed by atoms with Crippen molar-refractivity contribution in [1.29, 1.82) is 0 Å². The van der Waals surface area contributed by atoms with Crippen molar-refractivity contribution in [1.82, 2.24) is 10.2 Å². The highest BCUT2D eigenvalue weighted by Gasteiger charge is 2.35. The average molecular weight is 635 g/mol. The number of sulfonamides is 1. The summed E-state index contributed by atoms with van der Waals surface area (Å²) in [5.41, 5.74) is 0.940. The number of amides is 2. The molecule has 3 rings (SSSR count). The van der Waals surface area contributed by atoms with E-state index in [1.54, 1.807) is 55.5 Å². The van der Waals surface area contributed by atoms with E-state index in [9.17, 15) is 18.0 Å². The van der Waals surface area contributed by atoms with E-state index in [4.69, 9.17) is 27.9 Å². The molecule has 0 aliphatic rings. The van der Waals surface area contributed by atoms with Crippen molar-refractivity contribution in [2.45, 2.75) is 64.1 Å². The smallest absolute Gasteiger partial charge is 0.264 e. The molecule has 0 aliphatic heterocycles. The van der Waals surface area contributed by atoms with Gasteiger partial charge in [-0.1, -0.05) is 61.3 Å². The summed E-state index contributed by atoms with van der Waals surface area (Å²) in [5, 5.41) is 3.87. The molecule has 226 valence electrons. The topological polar surface area (TPSA) is 96.0 Å². The molecule has 0 spiro atoms. The van der Waals surface area contributed by atoms with Gasteiger partial charge in [-0.2, -0.15) is 0 Å². The highest BCUT2D eigenvalue weighted by molar-refractivity contribution is 7.92. The standard InChI is InChI=1S/C31H37Cl2N3O5S/c1-5-22(4)34-31(38)27(6-2)35(20-23-12-14-24(32)15-13-23)30(37)21-36(28-10-8-9-11-29(28)41-7-3)42(39,40)26-18-16-25(33)17-19-26/h8-19,22,27H,5-7,20-21H2,1-4H3,(H,34,38)/t22-,27-/m1/s1. The second kappa shape index (κ2) is 15.3. The van der Waals surface area contributed by atoms with Crippen LogP contribution in [0.15, 0.2) is 77.7 Å². The van der Waals surface area contributed by atoms with E-state index in [0.29, 0.717) is 28.6 Å². The lowest BCUT2D eigenvalue weighted by Gasteiger charge is -2.34. The molecule has 3 aromatic carbocycles. The molecule has 0 saturated carbocycles. The zero-order valence-corrected chi connectivity index (χ0v) is 26.5. The van der Waals surface area contributed by atoms with Gasteiger partial charge in [-0.15, -0.1) is 0 Å². The summed E-state index contributed by atoms with van der Waals surface area (Å²) in [6, 6.07) is 18.4. The van der Waals surface area contributed by atoms with E-state index in [1.165, 1.54) is 29.2 Å². The van der Waals surface area contributed by atoms with Crippen molar-refractivity contribution in [3.63, 3.8) is 0 Å². The van der Waals surface area contributed by atoms with E-state index in [0.717, 1.165) is 9.87 Å². The van der Waals surface area contributed by atoms with Crippen molar-refractivity contribution in [3.05, 3.63) is 88.4 Å². The number of hydrogen-bond donors (Lipinski definition) is 1. The molecule has 2 atom stereocenters. The number of nitrogens with one attached hydrogen (secondary N) is 1. The monoisotopic (exact) mass is 633 g/mol. The van der Waals surface area contributed by atoms with Gasteiger partial charge >= 0.3 is 0 Å². The van der Waals surface area contributed by atoms with Crippen LogP contribution >= 0.6 is 23.2 Å². The van der Waals surface area contributed by atoms with Crippen molar-refractivity contribution in [2.75, 3.05) is 17.5 Å². The summed E-state index contributed by atoms with van der Waals surface area (Å²) in [4.78, 5) is 29.0. The number of anilines is 1. The Labute approximate surface area is 258 Å². The lowest BCUT2D eigenvalue weighted by molar-refractivity contribution is -0.140. The molecule has 0 saturated heterocycles. The van der Waals surface area contributed by atoms with Crippen molar-refractivity contribution < 1.29 is 22.7 Å². The Hall–Kier alpha value is -3.27. The van der Waals surface area contributed by atoms with Crippen LogP contribution < -0.4 is 14.4 Å². The van der Waals surface area contributed by atoms with Crippen LogP contribution in [-0.4, -0.2) is 50.4 Å². The van der Waals surface area contributed by atoms with Crippen LogP contribution in [0.3, 0.4) is 0 Å². The maximum Gasteiger partial charge on any atom is 0.264 e. The van der Waals surface area contributed by atoms with Gasteiger partial charge in [-0.3, -0.25) is 13.9 Å². The molecule has 0 fully saturated rings. The zero-order chi connectivity index (χ0) is 30.9. The highest BCUT2D eigenvalue weighted by atomic mass is 35.5. The van der Waals surface area contributed by atoms with Crippen LogP contribution in [0.1, 0.15) is 46.1 Å². The minimum atomic E-state index is -4.27. The van der Waals surface area contributed by atoms with Gasteiger partial charge in [0.25, 0.3) is 10.0 Å². The maximum absolute atomic E-state index is 14.2. The molecule has 11 heteroatoms. The third-order valence-electron chi connectivity index (χ3n) is 6.77. The molecular weight excluding hydrogens is 597 g/mol. The third-order valence-corrected chi connectivity index (χ3v) is 9.05. The zero-order valence-electron chi connectivity index (χ0n) is 24.2. The first-order valence-corrected chi connectivity index (χ1v) is 16.1. The second-order valence-corrected chi connectivity index (χ2v) is 12.5. The molecule has 0 aliphatic carbocycles. The first kappa shape index (κ1) is 33.2. The number of rotatable bonds is 14. The molecule has 2 amide bonds. The second-order valence-electron chi connectivity index (χ2n) is 9.76. The van der Waals surface area contributed by atoms with E-state index >= 15 is 0 Å². The minimum absolute atomic E-state index is 0.0446. The number of para-hydroxylation sites is 2. The van der Waals surface area contributed by atoms with Gasteiger partial charge in [-0.25, -0.2) is 8.42 Å². The molecule has 0 aromatic heterocycles. The molecule has 0 bridgehead atoms. The largest absolute Gasteiger partial charge is 0.492 e. The van der Waals surface area contributed by atoms with E-state index in [2.05, 4.69) is 5.32 Å². The normalized spacial score (nSPS) is 12.7. The van der Waals surface area contributed by atoms with Gasteiger partial charge in [0.05, 0.1) is 17.2 Å². The number of ether oxygens (including phenoxy) is 1. The molecule has 1 N–H and O–H groups in total. The van der Waals surface area contributed by atoms with Gasteiger partial charge in [-0.05, 0) is 80.8 Å². The lowest BCUT2D eigenvalue weighted by Crippen LogP contribution is -2.53. The van der Waals surface area contributed by atoms with E-state index < -0.39 is 28.5 Å². The molecule has 0 unspecified atom stereocenters. The molecule has 0 radical (unpaired) electrons. The van der Waals surface area contributed by atoms with Gasteiger partial charge in [0.15, 0.2) is 0 Å². The molecule has 3 aromatic rings. The SMILES string of the molecule is CCOc1ccccc1N(CC(=O)N(Cc1ccc(Cl)cc1)[C@H](CC)C(=O)N[C@H](C)CC)S(=O)(=O)c1ccc(Cl)cc1. The first-order valence-electron chi connectivity index (χ1n) is 13.9. The summed E-state index contributed by atoms with van der Waals surface area (Å²) in [5.74, 6) is -0.563. The van der Waals surface area contributed by atoms with Crippen molar-refractivity contribution in [2.24, 2.45) is 0 Å². The van der Waals surface area contributed by atoms with Crippen LogP contribution in [0, 0.1) is 0 Å². The molecule has 42 heavy (non-hydrogen) atoms. The van der Waals surface area contributed by atoms with Gasteiger partial charge in [0.2, 0.25) is 11.8 Å². The highest BCUT2D eigenvalue weighted by Crippen LogP contribution is 2.33. The Balaban J connectivity index is 2.10. The Morgan fingerprint density at radius 3 is 2.05 bits per heavy atom. The Morgan fingerprint density at radius 2 is 1.48 bits per heavy atom. The van der Waals surface area contributed by atoms with Crippen molar-refractivity contribution >= 4 is 50.7 Å². The number of carbonyl (C=O) groups is 2. The summed E-state index contributed by atoms with van der Waals surface area (Å²) in [6.45, 7) is 7.24. The lowest BCUT2D eigenvalue weighted by atomic mass is 10.1. The van der Waals surface area contributed by atoms with Crippen molar-refractivity contribution in [3.8, 4) is 5.75 Å². The molecular formula is C31H37Cl2N3O5S. The Morgan fingerprint density at radius 1 is 0.881 bits per heavy atom. The minimum Gasteiger partial charge on any atom is -0.492 e. The first-order chi connectivity index (χ1) is 20.0. The number of halogens is 2. The molecule has 8 nitrogen and oxygen atoms in total. The number of carbonyl (C=O) groups excluding carboxylic acids is 2. The number of nitrogens with zero attached hydrogens (tertiary/aromatic N) is 2. The summed E-state index contributed by atoms with van der Waals surface area (Å²) < 4.78 is 34.9. The van der Waals surface area contributed by atoms with Gasteiger partial charge in [0.1, 0.15) is 18.3 Å². The van der Waals surface area contributed by atoms with E-state index in [-0.39, 0.29) is 35.7 Å². The number of hydrogen-bond acceptors (Lipinski definition) is 5. The third kappa shape index (κ3) is 8.40. The quantitative estimate of drug-likeness (QED) is 0.224. The van der Waals surface area contributed by atoms with Crippen LogP contribution in [0.25, 0.3) is 0 Å². The van der Waals surface area contributed by atoms with Crippen LogP contribution in [0.2, 0.25) is 10.0 Å². The molecule has 0 heterocycles. The Kier molecular flexibility index (Phi) is 12.1. The fraction of sp³-hybridized carbons (Fsp3) is 0.355. The van der Waals surface area contributed by atoms with Crippen LogP contribution in [-0.2, 0) is 26.2 Å². The predicted molar refractivity (Wildman–Crippen MR) is 168 cm³/mol. The maximum atomic E-state index is 14.2. The fourth-order valence-corrected chi connectivity index (χ4v) is 6.01. The Bertz CT molecular complexity index is 1450. The predicted octanol–water partition coefficient (Wildman–Crippen LogP) is 6.31. The summed E-state index contributed by atoms with van der Waals surface area (Å²) in [7, 11) is -4.27. The fourth-order valence-electron chi connectivity index (χ4n) is 4.33. The van der Waals surface area contributed by atoms with Gasteiger partial charge in [0, 0.05) is 22.6 Å². The van der Waals surface area contributed by atoms with Crippen LogP contribution in [0.4, 0.5) is 5.69 Å². The van der Waals surface area contributed by atoms with E-state index in [1.807, 2.05) is 20.8 Å².